The van der Waals surface area contributed by atoms with Crippen molar-refractivity contribution in [1.82, 2.24) is 4.90 Å². The molecule has 24 heavy (non-hydrogen) atoms. The van der Waals surface area contributed by atoms with Crippen molar-refractivity contribution in [3.8, 4) is 0 Å². The maximum atomic E-state index is 12.2. The molecule has 0 heterocycles. The van der Waals surface area contributed by atoms with Gasteiger partial charge in [0, 0.05) is 13.5 Å². The fraction of sp³-hybridized carbons (Fsp3) is 0.562. The summed E-state index contributed by atoms with van der Waals surface area (Å²) in [7, 11) is -1.93. The minimum atomic E-state index is -3.69. The standard InChI is InChI=1S/C16H27N3O3S.ClH/c1-13(14-8-10-15(11-9-14)23(18,21)22)19(2)16(20)7-5-3-4-6-12-17;/h8-11,13H,3-7,12,17H2,1-2H3,(H2,18,21,22);1H. The molecule has 6 nitrogen and oxygen atoms in total. The maximum Gasteiger partial charge on any atom is 0.238 e. The predicted octanol–water partition coefficient (Wildman–Crippen LogP) is 2.18. The van der Waals surface area contributed by atoms with Crippen LogP contribution in [0.2, 0.25) is 0 Å². The van der Waals surface area contributed by atoms with Gasteiger partial charge in [-0.3, -0.25) is 4.79 Å². The molecule has 1 unspecified atom stereocenters. The van der Waals surface area contributed by atoms with Crippen molar-refractivity contribution < 1.29 is 13.2 Å². The van der Waals surface area contributed by atoms with E-state index < -0.39 is 10.0 Å². The van der Waals surface area contributed by atoms with Gasteiger partial charge in [-0.05, 0) is 44.0 Å². The summed E-state index contributed by atoms with van der Waals surface area (Å²) in [6.07, 6.45) is 4.43. The number of rotatable bonds is 9. The van der Waals surface area contributed by atoms with Gasteiger partial charge in [-0.25, -0.2) is 13.6 Å². The van der Waals surface area contributed by atoms with Crippen molar-refractivity contribution in [2.45, 2.75) is 50.0 Å². The molecule has 0 saturated carbocycles. The van der Waals surface area contributed by atoms with Crippen LogP contribution in [0.5, 0.6) is 0 Å². The summed E-state index contributed by atoms with van der Waals surface area (Å²) in [4.78, 5) is 14.0. The number of hydrogen-bond acceptors (Lipinski definition) is 4. The Balaban J connectivity index is 0.00000529. The molecule has 1 rings (SSSR count). The number of amides is 1. The molecule has 1 atom stereocenters. The molecule has 0 aromatic heterocycles. The van der Waals surface area contributed by atoms with Crippen LogP contribution in [-0.2, 0) is 14.8 Å². The lowest BCUT2D eigenvalue weighted by Crippen LogP contribution is -2.29. The number of carbonyl (C=O) groups excluding carboxylic acids is 1. The van der Waals surface area contributed by atoms with Gasteiger partial charge in [0.1, 0.15) is 0 Å². The molecule has 0 saturated heterocycles. The SMILES string of the molecule is CC(c1ccc(S(N)(=O)=O)cc1)N(C)C(=O)CCCCCCN.Cl. The number of sulfonamides is 1. The van der Waals surface area contributed by atoms with Gasteiger partial charge in [-0.2, -0.15) is 0 Å². The quantitative estimate of drug-likeness (QED) is 0.643. The van der Waals surface area contributed by atoms with E-state index in [1.807, 2.05) is 6.92 Å². The third kappa shape index (κ3) is 7.17. The largest absolute Gasteiger partial charge is 0.339 e. The fourth-order valence-corrected chi connectivity index (χ4v) is 2.84. The van der Waals surface area contributed by atoms with Crippen molar-refractivity contribution in [3.05, 3.63) is 29.8 Å². The molecule has 8 heteroatoms. The molecule has 1 amide bonds. The molecule has 0 spiro atoms. The summed E-state index contributed by atoms with van der Waals surface area (Å²) >= 11 is 0. The van der Waals surface area contributed by atoms with Gasteiger partial charge in [-0.1, -0.05) is 25.0 Å². The second-order valence-corrected chi connectivity index (χ2v) is 7.31. The Morgan fingerprint density at radius 1 is 1.12 bits per heavy atom. The van der Waals surface area contributed by atoms with Crippen LogP contribution in [0.15, 0.2) is 29.2 Å². The van der Waals surface area contributed by atoms with E-state index in [9.17, 15) is 13.2 Å². The molecule has 0 aliphatic rings. The first kappa shape index (κ1) is 22.9. The molecule has 138 valence electrons. The second kappa shape index (κ2) is 10.7. The van der Waals surface area contributed by atoms with Crippen molar-refractivity contribution >= 4 is 28.3 Å². The molecule has 0 aliphatic carbocycles. The van der Waals surface area contributed by atoms with Crippen LogP contribution in [0, 0.1) is 0 Å². The summed E-state index contributed by atoms with van der Waals surface area (Å²) in [5.74, 6) is 0.0840. The minimum Gasteiger partial charge on any atom is -0.339 e. The normalized spacial score (nSPS) is 12.3. The van der Waals surface area contributed by atoms with Crippen LogP contribution < -0.4 is 10.9 Å². The number of unbranched alkanes of at least 4 members (excludes halogenated alkanes) is 3. The number of nitrogens with two attached hydrogens (primary N) is 2. The number of nitrogens with zero attached hydrogens (tertiary/aromatic N) is 1. The van der Waals surface area contributed by atoms with Crippen LogP contribution in [0.25, 0.3) is 0 Å². The van der Waals surface area contributed by atoms with Crippen LogP contribution in [0.4, 0.5) is 0 Å². The van der Waals surface area contributed by atoms with E-state index in [-0.39, 0.29) is 29.3 Å². The van der Waals surface area contributed by atoms with Crippen LogP contribution in [0.3, 0.4) is 0 Å². The van der Waals surface area contributed by atoms with Crippen molar-refractivity contribution in [1.29, 1.82) is 0 Å². The van der Waals surface area contributed by atoms with E-state index in [2.05, 4.69) is 0 Å². The zero-order chi connectivity index (χ0) is 17.5. The fourth-order valence-electron chi connectivity index (χ4n) is 2.33. The third-order valence-corrected chi connectivity index (χ3v) is 4.94. The van der Waals surface area contributed by atoms with Gasteiger partial charge in [0.2, 0.25) is 15.9 Å². The van der Waals surface area contributed by atoms with E-state index in [1.54, 1.807) is 24.1 Å². The van der Waals surface area contributed by atoms with Gasteiger partial charge in [0.15, 0.2) is 0 Å². The maximum absolute atomic E-state index is 12.2. The van der Waals surface area contributed by atoms with Gasteiger partial charge in [0.05, 0.1) is 10.9 Å². The average Bonchev–Trinajstić information content (AvgIpc) is 2.52. The lowest BCUT2D eigenvalue weighted by Gasteiger charge is -2.25. The number of hydrogen-bond donors (Lipinski definition) is 2. The monoisotopic (exact) mass is 377 g/mol. The predicted molar refractivity (Wildman–Crippen MR) is 98.4 cm³/mol. The Kier molecular flexibility index (Phi) is 10.1. The van der Waals surface area contributed by atoms with Crippen LogP contribution in [-0.4, -0.2) is 32.8 Å². The topological polar surface area (TPSA) is 106 Å². The lowest BCUT2D eigenvalue weighted by atomic mass is 10.1. The summed E-state index contributed by atoms with van der Waals surface area (Å²) in [6.45, 7) is 2.61. The van der Waals surface area contributed by atoms with Gasteiger partial charge in [0.25, 0.3) is 0 Å². The number of primary sulfonamides is 1. The Morgan fingerprint density at radius 2 is 1.67 bits per heavy atom. The first-order valence-corrected chi connectivity index (χ1v) is 9.40. The first-order valence-electron chi connectivity index (χ1n) is 7.86. The van der Waals surface area contributed by atoms with E-state index in [1.165, 1.54) is 12.1 Å². The van der Waals surface area contributed by atoms with Gasteiger partial charge >= 0.3 is 0 Å². The lowest BCUT2D eigenvalue weighted by molar-refractivity contribution is -0.131. The summed E-state index contributed by atoms with van der Waals surface area (Å²) < 4.78 is 22.5. The van der Waals surface area contributed by atoms with Crippen LogP contribution in [0.1, 0.15) is 50.6 Å². The van der Waals surface area contributed by atoms with Crippen molar-refractivity contribution in [3.63, 3.8) is 0 Å². The van der Waals surface area contributed by atoms with E-state index in [4.69, 9.17) is 10.9 Å². The summed E-state index contributed by atoms with van der Waals surface area (Å²) in [5.41, 5.74) is 6.31. The van der Waals surface area contributed by atoms with E-state index >= 15 is 0 Å². The Hall–Kier alpha value is -1.15. The Labute approximate surface area is 151 Å². The Bertz CT molecular complexity index is 605. The van der Waals surface area contributed by atoms with Crippen LogP contribution >= 0.6 is 12.4 Å². The molecule has 0 radical (unpaired) electrons. The molecule has 4 N–H and O–H groups in total. The van der Waals surface area contributed by atoms with Crippen molar-refractivity contribution in [2.75, 3.05) is 13.6 Å². The molecule has 0 bridgehead atoms. The zero-order valence-corrected chi connectivity index (χ0v) is 15.9. The molecule has 1 aromatic rings. The molecule has 0 fully saturated rings. The van der Waals surface area contributed by atoms with Crippen molar-refractivity contribution in [2.24, 2.45) is 10.9 Å². The Morgan fingerprint density at radius 3 is 2.17 bits per heavy atom. The second-order valence-electron chi connectivity index (χ2n) is 5.75. The van der Waals surface area contributed by atoms with E-state index in [0.29, 0.717) is 13.0 Å². The molecular formula is C16H28ClN3O3S. The number of carbonyl (C=O) groups is 1. The summed E-state index contributed by atoms with van der Waals surface area (Å²) in [6, 6.07) is 6.18. The van der Waals surface area contributed by atoms with Gasteiger partial charge < -0.3 is 10.6 Å². The minimum absolute atomic E-state index is 0. The highest BCUT2D eigenvalue weighted by atomic mass is 35.5. The molecule has 1 aromatic carbocycles. The number of halogens is 1. The van der Waals surface area contributed by atoms with Gasteiger partial charge in [-0.15, -0.1) is 12.4 Å². The summed E-state index contributed by atoms with van der Waals surface area (Å²) in [5, 5.41) is 5.08. The highest BCUT2D eigenvalue weighted by Gasteiger charge is 2.17. The molecular weight excluding hydrogens is 350 g/mol. The van der Waals surface area contributed by atoms with E-state index in [0.717, 1.165) is 31.2 Å². The average molecular weight is 378 g/mol. The first-order chi connectivity index (χ1) is 10.8. The third-order valence-electron chi connectivity index (χ3n) is 4.01. The zero-order valence-electron chi connectivity index (χ0n) is 14.3. The highest BCUT2D eigenvalue weighted by Crippen LogP contribution is 2.21. The number of benzene rings is 1. The highest BCUT2D eigenvalue weighted by molar-refractivity contribution is 7.89. The molecule has 0 aliphatic heterocycles. The smallest absolute Gasteiger partial charge is 0.238 e.